The summed E-state index contributed by atoms with van der Waals surface area (Å²) in [5.41, 5.74) is 7.85. The molecule has 25 heavy (non-hydrogen) atoms. The van der Waals surface area contributed by atoms with Gasteiger partial charge in [0.1, 0.15) is 6.54 Å². The fraction of sp³-hybridized carbons (Fsp3) is 0.542. The number of pyridine rings is 1. The van der Waals surface area contributed by atoms with E-state index < -0.39 is 0 Å². The summed E-state index contributed by atoms with van der Waals surface area (Å²) < 4.78 is 2.52. The van der Waals surface area contributed by atoms with Gasteiger partial charge >= 0.3 is 0 Å². The molecule has 1 aliphatic heterocycles. The van der Waals surface area contributed by atoms with Crippen LogP contribution in [0, 0.1) is 6.92 Å². The summed E-state index contributed by atoms with van der Waals surface area (Å²) in [5.74, 6) is 0. The molecule has 0 fully saturated rings. The van der Waals surface area contributed by atoms with Crippen LogP contribution < -0.4 is 4.57 Å². The van der Waals surface area contributed by atoms with Crippen molar-refractivity contribution in [2.75, 3.05) is 0 Å². The monoisotopic (exact) mass is 336 g/mol. The van der Waals surface area contributed by atoms with Crippen LogP contribution in [0.5, 0.6) is 0 Å². The molecule has 1 aromatic heterocycles. The van der Waals surface area contributed by atoms with Crippen molar-refractivity contribution in [3.63, 3.8) is 0 Å². The highest BCUT2D eigenvalue weighted by Gasteiger charge is 2.37. The van der Waals surface area contributed by atoms with Gasteiger partial charge in [0.15, 0.2) is 6.20 Å². The van der Waals surface area contributed by atoms with E-state index >= 15 is 0 Å². The van der Waals surface area contributed by atoms with Gasteiger partial charge in [-0.15, -0.1) is 0 Å². The first kappa shape index (κ1) is 18.2. The number of hydrogen-bond donors (Lipinski definition) is 0. The SMILES string of the molecule is CCCCCc1cc[n+]2c(c1C)-c1ccccc1C(CC)(CC)CC2. The van der Waals surface area contributed by atoms with E-state index in [1.807, 2.05) is 0 Å². The van der Waals surface area contributed by atoms with E-state index in [9.17, 15) is 0 Å². The quantitative estimate of drug-likeness (QED) is 0.440. The summed E-state index contributed by atoms with van der Waals surface area (Å²) >= 11 is 0. The lowest BCUT2D eigenvalue weighted by atomic mass is 9.72. The lowest BCUT2D eigenvalue weighted by Gasteiger charge is -2.31. The average molecular weight is 337 g/mol. The van der Waals surface area contributed by atoms with Gasteiger partial charge in [0.25, 0.3) is 0 Å². The molecule has 0 aliphatic carbocycles. The molecule has 0 saturated heterocycles. The highest BCUT2D eigenvalue weighted by molar-refractivity contribution is 5.67. The Hall–Kier alpha value is -1.63. The number of aryl methyl sites for hydroxylation is 2. The predicted molar refractivity (Wildman–Crippen MR) is 107 cm³/mol. The zero-order chi connectivity index (χ0) is 17.9. The van der Waals surface area contributed by atoms with Crippen LogP contribution in [-0.4, -0.2) is 0 Å². The Labute approximate surface area is 154 Å². The van der Waals surface area contributed by atoms with Crippen molar-refractivity contribution in [1.82, 2.24) is 0 Å². The Bertz CT molecular complexity index is 725. The lowest BCUT2D eigenvalue weighted by Crippen LogP contribution is -2.38. The van der Waals surface area contributed by atoms with Crippen molar-refractivity contribution in [3.8, 4) is 11.3 Å². The summed E-state index contributed by atoms with van der Waals surface area (Å²) in [6, 6.07) is 11.6. The minimum Gasteiger partial charge on any atom is -0.198 e. The van der Waals surface area contributed by atoms with Gasteiger partial charge in [-0.2, -0.15) is 4.57 Å². The van der Waals surface area contributed by atoms with E-state index in [4.69, 9.17) is 0 Å². The number of hydrogen-bond acceptors (Lipinski definition) is 0. The number of unbranched alkanes of at least 4 members (excludes halogenated alkanes) is 2. The molecule has 1 nitrogen and oxygen atoms in total. The molecule has 1 heteroatoms. The summed E-state index contributed by atoms with van der Waals surface area (Å²) in [7, 11) is 0. The maximum atomic E-state index is 2.52. The number of nitrogens with zero attached hydrogens (tertiary/aromatic N) is 1. The second kappa shape index (κ2) is 7.72. The van der Waals surface area contributed by atoms with Gasteiger partial charge in [-0.25, -0.2) is 0 Å². The highest BCUT2D eigenvalue weighted by Crippen LogP contribution is 2.42. The first-order chi connectivity index (χ1) is 12.2. The molecular formula is C24H34N+. The Kier molecular flexibility index (Phi) is 5.61. The van der Waals surface area contributed by atoms with Gasteiger partial charge < -0.3 is 0 Å². The third-order valence-electron chi connectivity index (χ3n) is 6.57. The van der Waals surface area contributed by atoms with Crippen molar-refractivity contribution in [1.29, 1.82) is 0 Å². The number of fused-ring (bicyclic) bond motifs is 3. The maximum Gasteiger partial charge on any atom is 0.215 e. The number of rotatable bonds is 6. The summed E-state index contributed by atoms with van der Waals surface area (Å²) in [6.07, 6.45) is 11.2. The summed E-state index contributed by atoms with van der Waals surface area (Å²) in [6.45, 7) is 10.5. The molecule has 1 aliphatic rings. The van der Waals surface area contributed by atoms with E-state index in [-0.39, 0.29) is 0 Å². The first-order valence-corrected chi connectivity index (χ1v) is 10.3. The zero-order valence-corrected chi connectivity index (χ0v) is 16.6. The predicted octanol–water partition coefficient (Wildman–Crippen LogP) is 6.14. The first-order valence-electron chi connectivity index (χ1n) is 10.3. The molecule has 3 rings (SSSR count). The Morgan fingerprint density at radius 1 is 1.00 bits per heavy atom. The Balaban J connectivity index is 2.14. The largest absolute Gasteiger partial charge is 0.215 e. The van der Waals surface area contributed by atoms with Crippen molar-refractivity contribution in [2.24, 2.45) is 0 Å². The van der Waals surface area contributed by atoms with Gasteiger partial charge in [0, 0.05) is 23.5 Å². The van der Waals surface area contributed by atoms with Gasteiger partial charge in [0.05, 0.1) is 5.56 Å². The fourth-order valence-electron chi connectivity index (χ4n) is 4.73. The van der Waals surface area contributed by atoms with Crippen molar-refractivity contribution < 1.29 is 4.57 Å². The molecule has 0 amide bonds. The molecule has 0 saturated carbocycles. The van der Waals surface area contributed by atoms with Gasteiger partial charge in [0.2, 0.25) is 5.69 Å². The number of benzene rings is 1. The molecule has 2 aromatic rings. The standard InChI is InChI=1S/C24H34N/c1-5-8-9-12-20-15-17-25-18-16-24(6-2,7-3)22-14-11-10-13-21(22)23(25)19(20)4/h10-11,13-15,17H,5-9,12,16,18H2,1-4H3/q+1. The second-order valence-electron chi connectivity index (χ2n) is 7.75. The van der Waals surface area contributed by atoms with Crippen molar-refractivity contribution in [3.05, 3.63) is 53.2 Å². The number of aromatic nitrogens is 1. The van der Waals surface area contributed by atoms with Crippen molar-refractivity contribution >= 4 is 0 Å². The maximum absolute atomic E-state index is 2.52. The zero-order valence-electron chi connectivity index (χ0n) is 16.6. The molecule has 2 heterocycles. The van der Waals surface area contributed by atoms with Crippen molar-refractivity contribution in [2.45, 2.75) is 84.6 Å². The van der Waals surface area contributed by atoms with Crippen LogP contribution >= 0.6 is 0 Å². The van der Waals surface area contributed by atoms with E-state index in [0.29, 0.717) is 5.41 Å². The van der Waals surface area contributed by atoms with Crippen LogP contribution in [0.1, 0.15) is 76.0 Å². The Morgan fingerprint density at radius 3 is 2.48 bits per heavy atom. The molecule has 0 bridgehead atoms. The van der Waals surface area contributed by atoms with Gasteiger partial charge in [-0.3, -0.25) is 0 Å². The molecule has 0 unspecified atom stereocenters. The van der Waals surface area contributed by atoms with E-state index in [0.717, 1.165) is 6.54 Å². The van der Waals surface area contributed by atoms with E-state index in [1.165, 1.54) is 67.3 Å². The van der Waals surface area contributed by atoms with Crippen LogP contribution in [0.15, 0.2) is 36.5 Å². The molecule has 0 N–H and O–H groups in total. The van der Waals surface area contributed by atoms with E-state index in [1.54, 1.807) is 5.56 Å². The minimum absolute atomic E-state index is 0.317. The molecule has 134 valence electrons. The summed E-state index contributed by atoms with van der Waals surface area (Å²) in [4.78, 5) is 0. The van der Waals surface area contributed by atoms with Crippen LogP contribution in [-0.2, 0) is 18.4 Å². The highest BCUT2D eigenvalue weighted by atomic mass is 15.0. The van der Waals surface area contributed by atoms with E-state index in [2.05, 4.69) is 68.8 Å². The smallest absolute Gasteiger partial charge is 0.198 e. The second-order valence-corrected chi connectivity index (χ2v) is 7.75. The van der Waals surface area contributed by atoms with Crippen LogP contribution in [0.4, 0.5) is 0 Å². The van der Waals surface area contributed by atoms with Crippen LogP contribution in [0.2, 0.25) is 0 Å². The third kappa shape index (κ3) is 3.26. The molecule has 0 radical (unpaired) electrons. The molecule has 1 aromatic carbocycles. The molecule has 0 spiro atoms. The fourth-order valence-corrected chi connectivity index (χ4v) is 4.73. The average Bonchev–Trinajstić information content (AvgIpc) is 2.79. The topological polar surface area (TPSA) is 3.88 Å². The van der Waals surface area contributed by atoms with Crippen LogP contribution in [0.25, 0.3) is 11.3 Å². The van der Waals surface area contributed by atoms with Crippen LogP contribution in [0.3, 0.4) is 0 Å². The van der Waals surface area contributed by atoms with Gasteiger partial charge in [-0.05, 0) is 49.8 Å². The minimum atomic E-state index is 0.317. The Morgan fingerprint density at radius 2 is 1.76 bits per heavy atom. The third-order valence-corrected chi connectivity index (χ3v) is 6.57. The van der Waals surface area contributed by atoms with Gasteiger partial charge in [-0.1, -0.05) is 51.8 Å². The normalized spacial score (nSPS) is 15.4. The molecule has 0 atom stereocenters. The summed E-state index contributed by atoms with van der Waals surface area (Å²) in [5, 5.41) is 0. The molecular weight excluding hydrogens is 302 g/mol. The lowest BCUT2D eigenvalue weighted by molar-refractivity contribution is -0.687.